The van der Waals surface area contributed by atoms with Crippen molar-refractivity contribution in [2.24, 2.45) is 0 Å². The Morgan fingerprint density at radius 1 is 1.14 bits per heavy atom. The van der Waals surface area contributed by atoms with Crippen molar-refractivity contribution in [2.75, 3.05) is 6.61 Å². The highest BCUT2D eigenvalue weighted by Crippen LogP contribution is 2.25. The molecule has 2 aromatic carbocycles. The van der Waals surface area contributed by atoms with Gasteiger partial charge in [-0.1, -0.05) is 42.7 Å². The number of rotatable bonds is 7. The summed E-state index contributed by atoms with van der Waals surface area (Å²) < 4.78 is 18.3. The Morgan fingerprint density at radius 2 is 1.89 bits per heavy atom. The maximum Gasteiger partial charge on any atom is 0.159 e. The first-order valence-electron chi connectivity index (χ1n) is 9.38. The monoisotopic (exact) mass is 374 g/mol. The van der Waals surface area contributed by atoms with E-state index in [2.05, 4.69) is 34.5 Å². The van der Waals surface area contributed by atoms with Gasteiger partial charge in [-0.25, -0.2) is 14.4 Å². The second kappa shape index (κ2) is 9.66. The van der Waals surface area contributed by atoms with E-state index in [4.69, 9.17) is 4.74 Å². The molecular formula is C24H23FN2O. The third-order valence-electron chi connectivity index (χ3n) is 4.23. The number of fused-ring (bicyclic) bond motifs is 1. The molecule has 28 heavy (non-hydrogen) atoms. The summed E-state index contributed by atoms with van der Waals surface area (Å²) >= 11 is 0. The van der Waals surface area contributed by atoms with E-state index < -0.39 is 6.17 Å². The molecule has 3 nitrogen and oxygen atoms in total. The third kappa shape index (κ3) is 5.40. The average molecular weight is 374 g/mol. The van der Waals surface area contributed by atoms with Gasteiger partial charge in [-0.05, 0) is 48.7 Å². The quantitative estimate of drug-likeness (QED) is 0.300. The van der Waals surface area contributed by atoms with Crippen LogP contribution in [0.25, 0.3) is 22.2 Å². The highest BCUT2D eigenvalue weighted by molar-refractivity contribution is 5.87. The van der Waals surface area contributed by atoms with Crippen LogP contribution < -0.4 is 4.74 Å². The Morgan fingerprint density at radius 3 is 2.64 bits per heavy atom. The van der Waals surface area contributed by atoms with Crippen LogP contribution in [0, 0.1) is 11.8 Å². The Labute approximate surface area is 165 Å². The Hall–Kier alpha value is -3.19. The van der Waals surface area contributed by atoms with Gasteiger partial charge >= 0.3 is 0 Å². The van der Waals surface area contributed by atoms with Gasteiger partial charge in [0, 0.05) is 24.4 Å². The Kier molecular flexibility index (Phi) is 6.75. The number of nitrogens with zero attached hydrogens (tertiary/aromatic N) is 2. The maximum atomic E-state index is 12.7. The average Bonchev–Trinajstić information content (AvgIpc) is 2.71. The van der Waals surface area contributed by atoms with Gasteiger partial charge in [0.2, 0.25) is 0 Å². The number of ether oxygens (including phenoxy) is 1. The molecule has 0 radical (unpaired) electrons. The van der Waals surface area contributed by atoms with Crippen LogP contribution in [0.1, 0.15) is 31.7 Å². The lowest BCUT2D eigenvalue weighted by Gasteiger charge is -2.06. The first-order valence-corrected chi connectivity index (χ1v) is 9.38. The van der Waals surface area contributed by atoms with Crippen LogP contribution in [0.15, 0.2) is 61.4 Å². The largest absolute Gasteiger partial charge is 0.490 e. The lowest BCUT2D eigenvalue weighted by Crippen LogP contribution is -1.93. The number of halogens is 1. The molecule has 0 spiro atoms. The predicted molar refractivity (Wildman–Crippen MR) is 112 cm³/mol. The van der Waals surface area contributed by atoms with Crippen LogP contribution in [0.4, 0.5) is 4.39 Å². The van der Waals surface area contributed by atoms with Crippen LogP contribution in [0.2, 0.25) is 0 Å². The molecule has 0 saturated heterocycles. The summed E-state index contributed by atoms with van der Waals surface area (Å²) in [5, 5.41) is 2.19. The number of hydrogen-bond acceptors (Lipinski definition) is 3. The van der Waals surface area contributed by atoms with Crippen molar-refractivity contribution >= 4 is 10.8 Å². The van der Waals surface area contributed by atoms with Crippen molar-refractivity contribution in [3.8, 4) is 29.0 Å². The summed E-state index contributed by atoms with van der Waals surface area (Å²) in [5.41, 5.74) is 1.71. The number of benzene rings is 2. The fourth-order valence-electron chi connectivity index (χ4n) is 2.79. The lowest BCUT2D eigenvalue weighted by atomic mass is 10.1. The first-order chi connectivity index (χ1) is 13.7. The minimum absolute atomic E-state index is 0.488. The van der Waals surface area contributed by atoms with Crippen molar-refractivity contribution in [3.63, 3.8) is 0 Å². The molecule has 142 valence electrons. The van der Waals surface area contributed by atoms with Gasteiger partial charge in [-0.2, -0.15) is 0 Å². The first kappa shape index (κ1) is 19.6. The van der Waals surface area contributed by atoms with E-state index in [1.165, 1.54) is 0 Å². The van der Waals surface area contributed by atoms with Crippen LogP contribution in [-0.4, -0.2) is 22.7 Å². The van der Waals surface area contributed by atoms with Gasteiger partial charge in [0.25, 0.3) is 0 Å². The van der Waals surface area contributed by atoms with E-state index in [9.17, 15) is 4.39 Å². The van der Waals surface area contributed by atoms with E-state index in [0.29, 0.717) is 25.3 Å². The van der Waals surface area contributed by atoms with Crippen molar-refractivity contribution in [1.82, 2.24) is 9.97 Å². The van der Waals surface area contributed by atoms with Crippen molar-refractivity contribution in [1.29, 1.82) is 0 Å². The Bertz CT molecular complexity index is 1000. The molecule has 0 saturated carbocycles. The molecule has 1 aromatic heterocycles. The highest BCUT2D eigenvalue weighted by atomic mass is 19.1. The molecule has 3 rings (SSSR count). The number of hydrogen-bond donors (Lipinski definition) is 0. The van der Waals surface area contributed by atoms with Crippen LogP contribution in [0.3, 0.4) is 0 Å². The molecule has 0 aliphatic heterocycles. The smallest absolute Gasteiger partial charge is 0.159 e. The summed E-state index contributed by atoms with van der Waals surface area (Å²) in [7, 11) is 0. The predicted octanol–water partition coefficient (Wildman–Crippen LogP) is 5.74. The fourth-order valence-corrected chi connectivity index (χ4v) is 2.79. The summed E-state index contributed by atoms with van der Waals surface area (Å²) in [6, 6.07) is 12.1. The second-order valence-corrected chi connectivity index (χ2v) is 6.59. The topological polar surface area (TPSA) is 35.0 Å². The zero-order valence-corrected chi connectivity index (χ0v) is 16.0. The highest BCUT2D eigenvalue weighted by Gasteiger charge is 2.04. The minimum Gasteiger partial charge on any atom is -0.490 e. The molecule has 0 aliphatic rings. The van der Waals surface area contributed by atoms with E-state index in [-0.39, 0.29) is 0 Å². The molecule has 0 fully saturated rings. The minimum atomic E-state index is -0.766. The van der Waals surface area contributed by atoms with Gasteiger partial charge in [0.05, 0.1) is 11.7 Å². The molecule has 1 atom stereocenters. The number of alkyl halides is 1. The molecule has 0 amide bonds. The van der Waals surface area contributed by atoms with Crippen molar-refractivity contribution < 1.29 is 9.13 Å². The third-order valence-corrected chi connectivity index (χ3v) is 4.23. The van der Waals surface area contributed by atoms with E-state index >= 15 is 0 Å². The fraction of sp³-hybridized carbons (Fsp3) is 0.250. The molecule has 3 aromatic rings. The molecule has 1 heterocycles. The van der Waals surface area contributed by atoms with Crippen molar-refractivity contribution in [3.05, 3.63) is 67.0 Å². The zero-order chi connectivity index (χ0) is 19.8. The summed E-state index contributed by atoms with van der Waals surface area (Å²) in [5.74, 6) is 7.55. The number of unbranched alkanes of at least 4 members (excludes halogenated alkanes) is 1. The zero-order valence-electron chi connectivity index (χ0n) is 16.0. The molecule has 1 unspecified atom stereocenters. The maximum absolute atomic E-state index is 12.7. The summed E-state index contributed by atoms with van der Waals surface area (Å²) in [6.07, 6.45) is 6.41. The van der Waals surface area contributed by atoms with Gasteiger partial charge in [0.1, 0.15) is 12.4 Å². The molecule has 0 bridgehead atoms. The number of aromatic nitrogens is 2. The van der Waals surface area contributed by atoms with Gasteiger partial charge in [-0.15, -0.1) is 0 Å². The van der Waals surface area contributed by atoms with Gasteiger partial charge in [0.15, 0.2) is 5.82 Å². The summed E-state index contributed by atoms with van der Waals surface area (Å²) in [4.78, 5) is 8.86. The molecule has 0 N–H and O–H groups in total. The van der Waals surface area contributed by atoms with Crippen LogP contribution in [0.5, 0.6) is 5.75 Å². The lowest BCUT2D eigenvalue weighted by molar-refractivity contribution is 0.336. The normalized spacial score (nSPS) is 11.5. The Balaban J connectivity index is 1.70. The van der Waals surface area contributed by atoms with E-state index in [0.717, 1.165) is 34.1 Å². The van der Waals surface area contributed by atoms with Crippen LogP contribution >= 0.6 is 0 Å². The summed E-state index contributed by atoms with van der Waals surface area (Å²) in [6.45, 7) is 5.72. The van der Waals surface area contributed by atoms with Crippen molar-refractivity contribution in [2.45, 2.75) is 32.4 Å². The SMILES string of the molecule is C=CCOc1ccc2cc(-c3ncc(C#CCCCC(C)F)cn3)ccc2c1. The van der Waals surface area contributed by atoms with E-state index in [1.54, 1.807) is 25.4 Å². The second-order valence-electron chi connectivity index (χ2n) is 6.59. The van der Waals surface area contributed by atoms with Crippen LogP contribution in [-0.2, 0) is 0 Å². The van der Waals surface area contributed by atoms with Gasteiger partial charge in [-0.3, -0.25) is 0 Å². The van der Waals surface area contributed by atoms with E-state index in [1.807, 2.05) is 30.3 Å². The molecular weight excluding hydrogens is 351 g/mol. The molecule has 0 aliphatic carbocycles. The standard InChI is InChI=1S/C24H23FN2O/c1-3-13-28-23-12-11-20-14-22(10-9-21(20)15-23)24-26-16-19(17-27-24)8-6-4-5-7-18(2)25/h3,9-12,14-18H,1,4-5,7,13H2,2H3. The van der Waals surface area contributed by atoms with Gasteiger partial charge < -0.3 is 4.74 Å². The molecule has 4 heteroatoms.